The normalized spacial score (nSPS) is 11.0. The molecule has 0 aliphatic rings. The third-order valence-corrected chi connectivity index (χ3v) is 9.77. The number of hydrogen-bond acceptors (Lipinski definition) is 2. The Morgan fingerprint density at radius 2 is 0.556 bits per heavy atom. The second kappa shape index (κ2) is 13.5. The van der Waals surface area contributed by atoms with Gasteiger partial charge in [0.05, 0.1) is 0 Å². The molecule has 216 valence electrons. The van der Waals surface area contributed by atoms with Gasteiger partial charge in [-0.05, 0) is 122 Å². The molecular weight excluding hydrogens is 581 g/mol. The third-order valence-electron chi connectivity index (χ3n) is 8.08. The van der Waals surface area contributed by atoms with Gasteiger partial charge in [-0.25, -0.2) is 0 Å². The maximum atomic E-state index is 2.34. The molecule has 0 aromatic heterocycles. The van der Waals surface area contributed by atoms with Gasteiger partial charge in [0.2, 0.25) is 0 Å². The third kappa shape index (κ3) is 6.68. The molecule has 0 N–H and O–H groups in total. The summed E-state index contributed by atoms with van der Waals surface area (Å²) in [7, 11) is 3.57. The van der Waals surface area contributed by atoms with E-state index in [0.717, 1.165) is 0 Å². The Hall–Kier alpha value is -4.76. The maximum Gasteiger partial charge on any atom is 0.0188 e. The van der Waals surface area contributed by atoms with Gasteiger partial charge in [-0.15, -0.1) is 0 Å². The summed E-state index contributed by atoms with van der Waals surface area (Å²) in [5, 5.41) is 0. The standard InChI is InChI=1S/C43H32S2/c1-44-45-43-23-11-22-39(30-43)35-18-10-21-38(26-35)42-28-40(36-19-8-16-33(24-36)31-12-4-2-5-13-31)27-41(29-42)37-20-9-17-34(25-37)32-14-6-3-7-15-32/h2-30H,1H3. The molecular formula is C43H32S2. The molecule has 45 heavy (non-hydrogen) atoms. The van der Waals surface area contributed by atoms with Gasteiger partial charge in [-0.2, -0.15) is 0 Å². The first-order valence-corrected chi connectivity index (χ1v) is 17.7. The van der Waals surface area contributed by atoms with Gasteiger partial charge in [0.1, 0.15) is 0 Å². The molecule has 0 radical (unpaired) electrons. The second-order valence-corrected chi connectivity index (χ2v) is 13.5. The zero-order valence-corrected chi connectivity index (χ0v) is 26.7. The molecule has 0 spiro atoms. The zero-order valence-electron chi connectivity index (χ0n) is 25.1. The Labute approximate surface area is 274 Å². The minimum atomic E-state index is 1.20. The lowest BCUT2D eigenvalue weighted by atomic mass is 9.90. The van der Waals surface area contributed by atoms with E-state index < -0.39 is 0 Å². The van der Waals surface area contributed by atoms with Crippen LogP contribution in [-0.4, -0.2) is 6.26 Å². The van der Waals surface area contributed by atoms with E-state index >= 15 is 0 Å². The number of benzene rings is 7. The van der Waals surface area contributed by atoms with Crippen LogP contribution in [0.15, 0.2) is 181 Å². The summed E-state index contributed by atoms with van der Waals surface area (Å²) >= 11 is 0. The predicted molar refractivity (Wildman–Crippen MR) is 198 cm³/mol. The van der Waals surface area contributed by atoms with E-state index in [1.807, 2.05) is 0 Å². The lowest BCUT2D eigenvalue weighted by Crippen LogP contribution is -1.88. The zero-order chi connectivity index (χ0) is 30.4. The average molecular weight is 613 g/mol. The lowest BCUT2D eigenvalue weighted by molar-refractivity contribution is 1.46. The smallest absolute Gasteiger partial charge is 0.0188 e. The van der Waals surface area contributed by atoms with Crippen molar-refractivity contribution in [1.82, 2.24) is 0 Å². The monoisotopic (exact) mass is 612 g/mol. The number of rotatable bonds is 8. The highest BCUT2D eigenvalue weighted by Gasteiger charge is 2.11. The van der Waals surface area contributed by atoms with Crippen LogP contribution in [0.3, 0.4) is 0 Å². The van der Waals surface area contributed by atoms with Gasteiger partial charge < -0.3 is 0 Å². The highest BCUT2D eigenvalue weighted by molar-refractivity contribution is 8.76. The Morgan fingerprint density at radius 1 is 0.267 bits per heavy atom. The Balaban J connectivity index is 1.36. The molecule has 7 aromatic rings. The SMILES string of the molecule is CSSc1cccc(-c2cccc(-c3cc(-c4cccc(-c5ccccc5)c4)cc(-c4cccc(-c5ccccc5)c4)c3)c2)c1. The van der Waals surface area contributed by atoms with Crippen molar-refractivity contribution in [3.05, 3.63) is 176 Å². The minimum Gasteiger partial charge on any atom is -0.0924 e. The summed E-state index contributed by atoms with van der Waals surface area (Å²) in [5.41, 5.74) is 14.6. The van der Waals surface area contributed by atoms with Crippen LogP contribution in [0.1, 0.15) is 0 Å². The van der Waals surface area contributed by atoms with Crippen LogP contribution in [0, 0.1) is 0 Å². The second-order valence-electron chi connectivity index (χ2n) is 11.1. The first kappa shape index (κ1) is 29.0. The molecule has 7 rings (SSSR count). The van der Waals surface area contributed by atoms with Crippen molar-refractivity contribution in [2.24, 2.45) is 0 Å². The molecule has 0 atom stereocenters. The van der Waals surface area contributed by atoms with Crippen LogP contribution in [0.4, 0.5) is 0 Å². The van der Waals surface area contributed by atoms with E-state index in [-0.39, 0.29) is 0 Å². The molecule has 0 nitrogen and oxygen atoms in total. The molecule has 0 unspecified atom stereocenters. The highest BCUT2D eigenvalue weighted by atomic mass is 33.1. The molecule has 0 saturated carbocycles. The fourth-order valence-corrected chi connectivity index (χ4v) is 7.24. The summed E-state index contributed by atoms with van der Waals surface area (Å²) in [6, 6.07) is 63.8. The molecule has 0 heterocycles. The van der Waals surface area contributed by atoms with E-state index in [9.17, 15) is 0 Å². The Bertz CT molecular complexity index is 1960. The topological polar surface area (TPSA) is 0 Å². The average Bonchev–Trinajstić information content (AvgIpc) is 3.13. The predicted octanol–water partition coefficient (Wildman–Crippen LogP) is 13.1. The van der Waals surface area contributed by atoms with Crippen molar-refractivity contribution in [2.45, 2.75) is 4.90 Å². The lowest BCUT2D eigenvalue weighted by Gasteiger charge is -2.14. The first-order valence-electron chi connectivity index (χ1n) is 15.1. The number of hydrogen-bond donors (Lipinski definition) is 0. The van der Waals surface area contributed by atoms with Crippen LogP contribution in [0.25, 0.3) is 66.8 Å². The molecule has 7 aromatic carbocycles. The van der Waals surface area contributed by atoms with Gasteiger partial charge in [0.15, 0.2) is 0 Å². The molecule has 0 fully saturated rings. The molecule has 0 aliphatic heterocycles. The van der Waals surface area contributed by atoms with E-state index in [1.54, 1.807) is 21.6 Å². The summed E-state index contributed by atoms with van der Waals surface area (Å²) in [5.74, 6) is 0. The molecule has 0 aliphatic carbocycles. The van der Waals surface area contributed by atoms with E-state index in [4.69, 9.17) is 0 Å². The molecule has 0 saturated heterocycles. The van der Waals surface area contributed by atoms with E-state index in [1.165, 1.54) is 71.7 Å². The van der Waals surface area contributed by atoms with Crippen molar-refractivity contribution in [3.8, 4) is 66.8 Å². The minimum absolute atomic E-state index is 1.20. The summed E-state index contributed by atoms with van der Waals surface area (Å²) < 4.78 is 0. The fourth-order valence-electron chi connectivity index (χ4n) is 5.85. The fraction of sp³-hybridized carbons (Fsp3) is 0.0233. The van der Waals surface area contributed by atoms with E-state index in [2.05, 4.69) is 182 Å². The van der Waals surface area contributed by atoms with Gasteiger partial charge in [-0.1, -0.05) is 149 Å². The summed E-state index contributed by atoms with van der Waals surface area (Å²) in [6.45, 7) is 0. The molecule has 2 heteroatoms. The van der Waals surface area contributed by atoms with Gasteiger partial charge in [0.25, 0.3) is 0 Å². The van der Waals surface area contributed by atoms with Crippen LogP contribution in [0.5, 0.6) is 0 Å². The van der Waals surface area contributed by atoms with Gasteiger partial charge in [-0.3, -0.25) is 0 Å². The van der Waals surface area contributed by atoms with Crippen LogP contribution in [-0.2, 0) is 0 Å². The van der Waals surface area contributed by atoms with Crippen LogP contribution < -0.4 is 0 Å². The van der Waals surface area contributed by atoms with Gasteiger partial charge in [0, 0.05) is 4.90 Å². The van der Waals surface area contributed by atoms with Crippen molar-refractivity contribution >= 4 is 21.6 Å². The largest absolute Gasteiger partial charge is 0.0924 e. The summed E-state index contributed by atoms with van der Waals surface area (Å²) in [4.78, 5) is 1.27. The Morgan fingerprint density at radius 3 is 0.956 bits per heavy atom. The van der Waals surface area contributed by atoms with Crippen molar-refractivity contribution in [2.75, 3.05) is 6.26 Å². The Kier molecular flexibility index (Phi) is 8.68. The van der Waals surface area contributed by atoms with Crippen molar-refractivity contribution in [3.63, 3.8) is 0 Å². The first-order chi connectivity index (χ1) is 22.2. The van der Waals surface area contributed by atoms with Crippen LogP contribution >= 0.6 is 21.6 Å². The summed E-state index contributed by atoms with van der Waals surface area (Å²) in [6.07, 6.45) is 2.12. The van der Waals surface area contributed by atoms with E-state index in [0.29, 0.717) is 0 Å². The van der Waals surface area contributed by atoms with Crippen molar-refractivity contribution in [1.29, 1.82) is 0 Å². The molecule has 0 amide bonds. The van der Waals surface area contributed by atoms with Crippen molar-refractivity contribution < 1.29 is 0 Å². The maximum absolute atomic E-state index is 2.34. The highest BCUT2D eigenvalue weighted by Crippen LogP contribution is 2.37. The van der Waals surface area contributed by atoms with Gasteiger partial charge >= 0.3 is 0 Å². The molecule has 0 bridgehead atoms. The quantitative estimate of drug-likeness (QED) is 0.157. The van der Waals surface area contributed by atoms with Crippen LogP contribution in [0.2, 0.25) is 0 Å².